The van der Waals surface area contributed by atoms with Gasteiger partial charge in [0.2, 0.25) is 0 Å². The van der Waals surface area contributed by atoms with Crippen molar-refractivity contribution in [1.82, 2.24) is 15.1 Å². The van der Waals surface area contributed by atoms with Gasteiger partial charge in [-0.1, -0.05) is 0 Å². The largest absolute Gasteiger partial charge is 0.481 e. The van der Waals surface area contributed by atoms with Crippen LogP contribution in [-0.2, 0) is 4.79 Å². The summed E-state index contributed by atoms with van der Waals surface area (Å²) in [5, 5.41) is 18.3. The Balaban J connectivity index is 2.01. The van der Waals surface area contributed by atoms with Crippen LogP contribution in [0.25, 0.3) is 11.5 Å². The standard InChI is InChI=1S/C15H20N4O4/c1-10(2)19-13(9-11(18-19)12-5-4-8-23-12)17-15(22)16-7-3-6-14(20)21/h4-5,8-10H,3,6-7H2,1-2H3,(H,20,21)(H2,16,17,22). The van der Waals surface area contributed by atoms with Gasteiger partial charge in [0.25, 0.3) is 0 Å². The molecule has 124 valence electrons. The van der Waals surface area contributed by atoms with E-state index in [4.69, 9.17) is 9.52 Å². The number of aromatic nitrogens is 2. The van der Waals surface area contributed by atoms with E-state index in [1.165, 1.54) is 0 Å². The van der Waals surface area contributed by atoms with Gasteiger partial charge in [-0.05, 0) is 32.4 Å². The smallest absolute Gasteiger partial charge is 0.320 e. The number of carboxylic acids is 1. The fourth-order valence-electron chi connectivity index (χ4n) is 2.03. The summed E-state index contributed by atoms with van der Waals surface area (Å²) in [6.45, 7) is 4.20. The van der Waals surface area contributed by atoms with Crippen molar-refractivity contribution in [3.05, 3.63) is 24.5 Å². The molecule has 23 heavy (non-hydrogen) atoms. The second-order valence-electron chi connectivity index (χ2n) is 5.31. The highest BCUT2D eigenvalue weighted by atomic mass is 16.4. The van der Waals surface area contributed by atoms with Gasteiger partial charge < -0.3 is 14.8 Å². The first-order valence-electron chi connectivity index (χ1n) is 7.37. The van der Waals surface area contributed by atoms with Crippen molar-refractivity contribution in [1.29, 1.82) is 0 Å². The first-order chi connectivity index (χ1) is 11.0. The van der Waals surface area contributed by atoms with Crippen molar-refractivity contribution in [3.8, 4) is 11.5 Å². The lowest BCUT2D eigenvalue weighted by molar-refractivity contribution is -0.137. The number of urea groups is 1. The summed E-state index contributed by atoms with van der Waals surface area (Å²) in [5.74, 6) is 0.282. The number of nitrogens with zero attached hydrogens (tertiary/aromatic N) is 2. The average Bonchev–Trinajstić information content (AvgIpc) is 3.12. The fourth-order valence-corrected chi connectivity index (χ4v) is 2.03. The number of carboxylic acid groups (broad SMARTS) is 1. The minimum Gasteiger partial charge on any atom is -0.481 e. The van der Waals surface area contributed by atoms with Gasteiger partial charge in [-0.25, -0.2) is 9.48 Å². The van der Waals surface area contributed by atoms with Gasteiger partial charge >= 0.3 is 12.0 Å². The number of furan rings is 1. The molecule has 0 aromatic carbocycles. The Kier molecular flexibility index (Phi) is 5.40. The summed E-state index contributed by atoms with van der Waals surface area (Å²) in [4.78, 5) is 22.3. The second kappa shape index (κ2) is 7.48. The quantitative estimate of drug-likeness (QED) is 0.679. The summed E-state index contributed by atoms with van der Waals surface area (Å²) in [6.07, 6.45) is 1.96. The molecule has 8 nitrogen and oxygen atoms in total. The van der Waals surface area contributed by atoms with Crippen LogP contribution in [-0.4, -0.2) is 33.4 Å². The minimum atomic E-state index is -0.881. The van der Waals surface area contributed by atoms with Crippen LogP contribution in [0.4, 0.5) is 10.6 Å². The van der Waals surface area contributed by atoms with Crippen molar-refractivity contribution < 1.29 is 19.1 Å². The second-order valence-corrected chi connectivity index (χ2v) is 5.31. The predicted octanol–water partition coefficient (Wildman–Crippen LogP) is 2.71. The number of nitrogens with one attached hydrogen (secondary N) is 2. The number of aliphatic carboxylic acids is 1. The molecule has 0 aliphatic carbocycles. The normalized spacial score (nSPS) is 10.7. The van der Waals surface area contributed by atoms with Gasteiger partial charge in [0.05, 0.1) is 6.26 Å². The Hall–Kier alpha value is -2.77. The van der Waals surface area contributed by atoms with Gasteiger partial charge in [-0.2, -0.15) is 5.10 Å². The summed E-state index contributed by atoms with van der Waals surface area (Å²) < 4.78 is 7.00. The van der Waals surface area contributed by atoms with Gasteiger partial charge in [0, 0.05) is 25.1 Å². The molecule has 0 unspecified atom stereocenters. The fraction of sp³-hybridized carbons (Fsp3) is 0.400. The molecule has 2 amide bonds. The average molecular weight is 320 g/mol. The first kappa shape index (κ1) is 16.6. The van der Waals surface area contributed by atoms with E-state index in [-0.39, 0.29) is 12.5 Å². The summed E-state index contributed by atoms with van der Waals surface area (Å²) >= 11 is 0. The lowest BCUT2D eigenvalue weighted by Crippen LogP contribution is -2.30. The van der Waals surface area contributed by atoms with Crippen molar-refractivity contribution in [2.75, 3.05) is 11.9 Å². The van der Waals surface area contributed by atoms with Crippen LogP contribution < -0.4 is 10.6 Å². The molecule has 0 aliphatic rings. The van der Waals surface area contributed by atoms with Crippen LogP contribution in [0.3, 0.4) is 0 Å². The van der Waals surface area contributed by atoms with E-state index >= 15 is 0 Å². The van der Waals surface area contributed by atoms with Gasteiger partial charge in [0.1, 0.15) is 11.5 Å². The van der Waals surface area contributed by atoms with Crippen LogP contribution >= 0.6 is 0 Å². The topological polar surface area (TPSA) is 109 Å². The molecule has 0 spiro atoms. The number of carbonyl (C=O) groups excluding carboxylic acids is 1. The number of carbonyl (C=O) groups is 2. The molecule has 0 atom stereocenters. The van der Waals surface area contributed by atoms with E-state index < -0.39 is 12.0 Å². The van der Waals surface area contributed by atoms with Gasteiger partial charge in [0.15, 0.2) is 5.76 Å². The molecule has 2 rings (SSSR count). The molecule has 0 fully saturated rings. The Morgan fingerprint density at radius 3 is 2.83 bits per heavy atom. The highest BCUT2D eigenvalue weighted by Gasteiger charge is 2.15. The Morgan fingerprint density at radius 1 is 1.43 bits per heavy atom. The van der Waals surface area contributed by atoms with Crippen LogP contribution in [0.2, 0.25) is 0 Å². The number of hydrogen-bond acceptors (Lipinski definition) is 4. The number of rotatable bonds is 7. The molecule has 0 aliphatic heterocycles. The highest BCUT2D eigenvalue weighted by molar-refractivity contribution is 5.89. The zero-order valence-electron chi connectivity index (χ0n) is 13.1. The number of hydrogen-bond donors (Lipinski definition) is 3. The monoisotopic (exact) mass is 320 g/mol. The van der Waals surface area contributed by atoms with Crippen LogP contribution in [0.1, 0.15) is 32.7 Å². The van der Waals surface area contributed by atoms with Gasteiger partial charge in [-0.15, -0.1) is 0 Å². The summed E-state index contributed by atoms with van der Waals surface area (Å²) in [5.41, 5.74) is 0.630. The third-order valence-corrected chi connectivity index (χ3v) is 3.09. The molecular weight excluding hydrogens is 300 g/mol. The van der Waals surface area contributed by atoms with Crippen molar-refractivity contribution in [2.45, 2.75) is 32.7 Å². The molecule has 2 aromatic heterocycles. The highest BCUT2D eigenvalue weighted by Crippen LogP contribution is 2.24. The number of amides is 2. The third kappa shape index (κ3) is 4.60. The molecule has 0 saturated heterocycles. The van der Waals surface area contributed by atoms with Crippen LogP contribution in [0.5, 0.6) is 0 Å². The first-order valence-corrected chi connectivity index (χ1v) is 7.37. The summed E-state index contributed by atoms with van der Waals surface area (Å²) in [6, 6.07) is 4.95. The SMILES string of the molecule is CC(C)n1nc(-c2ccco2)cc1NC(=O)NCCCC(=O)O. The number of anilines is 1. The molecule has 8 heteroatoms. The van der Waals surface area contributed by atoms with Crippen molar-refractivity contribution in [2.24, 2.45) is 0 Å². The lowest BCUT2D eigenvalue weighted by Gasteiger charge is -2.12. The van der Waals surface area contributed by atoms with Crippen LogP contribution in [0, 0.1) is 0 Å². The Labute approximate surface area is 133 Å². The Morgan fingerprint density at radius 2 is 2.22 bits per heavy atom. The van der Waals surface area contributed by atoms with E-state index in [9.17, 15) is 9.59 Å². The Bertz CT molecular complexity index is 661. The molecule has 3 N–H and O–H groups in total. The zero-order chi connectivity index (χ0) is 16.8. The van der Waals surface area contributed by atoms with E-state index in [0.717, 1.165) is 0 Å². The minimum absolute atomic E-state index is 0.0207. The molecular formula is C15H20N4O4. The maximum Gasteiger partial charge on any atom is 0.320 e. The van der Waals surface area contributed by atoms with E-state index in [1.807, 2.05) is 13.8 Å². The molecule has 0 bridgehead atoms. The molecule has 0 saturated carbocycles. The predicted molar refractivity (Wildman–Crippen MR) is 84.2 cm³/mol. The maximum atomic E-state index is 11.9. The van der Waals surface area contributed by atoms with E-state index in [0.29, 0.717) is 30.2 Å². The zero-order valence-corrected chi connectivity index (χ0v) is 13.1. The molecule has 2 aromatic rings. The van der Waals surface area contributed by atoms with Crippen molar-refractivity contribution >= 4 is 17.8 Å². The van der Waals surface area contributed by atoms with Crippen molar-refractivity contribution in [3.63, 3.8) is 0 Å². The maximum absolute atomic E-state index is 11.9. The molecule has 0 radical (unpaired) electrons. The molecule has 2 heterocycles. The third-order valence-electron chi connectivity index (χ3n) is 3.09. The van der Waals surface area contributed by atoms with Gasteiger partial charge in [-0.3, -0.25) is 10.1 Å². The van der Waals surface area contributed by atoms with E-state index in [1.54, 1.807) is 29.1 Å². The van der Waals surface area contributed by atoms with E-state index in [2.05, 4.69) is 15.7 Å². The summed E-state index contributed by atoms with van der Waals surface area (Å²) in [7, 11) is 0. The lowest BCUT2D eigenvalue weighted by atomic mass is 10.3. The van der Waals surface area contributed by atoms with Crippen LogP contribution in [0.15, 0.2) is 28.9 Å².